The molecule has 94 valence electrons. The summed E-state index contributed by atoms with van der Waals surface area (Å²) in [5.74, 6) is 0. The first-order valence-electron chi connectivity index (χ1n) is 4.11. The molecule has 17 heavy (non-hydrogen) atoms. The van der Waals surface area contributed by atoms with Gasteiger partial charge in [0.05, 0.1) is 11.1 Å². The maximum absolute atomic E-state index is 12.4. The summed E-state index contributed by atoms with van der Waals surface area (Å²) < 4.78 is 74.2. The van der Waals surface area contributed by atoms with Crippen LogP contribution in [0.4, 0.5) is 26.3 Å². The van der Waals surface area contributed by atoms with Crippen LogP contribution in [0.2, 0.25) is 0 Å². The van der Waals surface area contributed by atoms with Gasteiger partial charge in [-0.3, -0.25) is 0 Å². The van der Waals surface area contributed by atoms with Crippen molar-refractivity contribution in [1.29, 1.82) is 0 Å². The van der Waals surface area contributed by atoms with Gasteiger partial charge in [0, 0.05) is 5.56 Å². The number of hydrogen-bond donors (Lipinski definition) is 1. The lowest BCUT2D eigenvalue weighted by molar-refractivity contribution is -0.141. The number of nitrogens with two attached hydrogens (primary N) is 1. The van der Waals surface area contributed by atoms with Crippen LogP contribution in [-0.4, -0.2) is 4.99 Å². The Labute approximate surface area is 97.2 Å². The third kappa shape index (κ3) is 3.09. The van der Waals surface area contributed by atoms with Gasteiger partial charge in [-0.2, -0.15) is 26.3 Å². The van der Waals surface area contributed by atoms with E-state index in [4.69, 9.17) is 5.73 Å². The Morgan fingerprint density at radius 2 is 1.53 bits per heavy atom. The molecule has 0 unspecified atom stereocenters. The van der Waals surface area contributed by atoms with E-state index in [2.05, 4.69) is 12.2 Å². The zero-order valence-electron chi connectivity index (χ0n) is 7.99. The Bertz CT molecular complexity index is 448. The second-order valence-corrected chi connectivity index (χ2v) is 3.56. The van der Waals surface area contributed by atoms with Gasteiger partial charge in [0.15, 0.2) is 0 Å². The van der Waals surface area contributed by atoms with Crippen LogP contribution in [-0.2, 0) is 12.4 Å². The molecule has 0 atom stereocenters. The highest BCUT2D eigenvalue weighted by Gasteiger charge is 2.37. The van der Waals surface area contributed by atoms with Gasteiger partial charge in [-0.05, 0) is 18.2 Å². The molecular formula is C9H5F6NS. The summed E-state index contributed by atoms with van der Waals surface area (Å²) in [6.45, 7) is 0. The third-order valence-corrected chi connectivity index (χ3v) is 2.14. The Morgan fingerprint density at radius 1 is 1.00 bits per heavy atom. The minimum atomic E-state index is -4.80. The Hall–Kier alpha value is -1.31. The van der Waals surface area contributed by atoms with Crippen molar-refractivity contribution >= 4 is 17.2 Å². The van der Waals surface area contributed by atoms with E-state index in [1.54, 1.807) is 0 Å². The number of hydrogen-bond acceptors (Lipinski definition) is 1. The smallest absolute Gasteiger partial charge is 0.389 e. The van der Waals surface area contributed by atoms with Crippen LogP contribution in [0.3, 0.4) is 0 Å². The molecule has 0 spiro atoms. The van der Waals surface area contributed by atoms with Crippen molar-refractivity contribution in [3.63, 3.8) is 0 Å². The largest absolute Gasteiger partial charge is 0.417 e. The lowest BCUT2D eigenvalue weighted by Gasteiger charge is -2.14. The molecular weight excluding hydrogens is 268 g/mol. The Kier molecular flexibility index (Phi) is 3.37. The van der Waals surface area contributed by atoms with Crippen LogP contribution in [0.5, 0.6) is 0 Å². The van der Waals surface area contributed by atoms with E-state index >= 15 is 0 Å². The van der Waals surface area contributed by atoms with Crippen molar-refractivity contribution in [3.8, 4) is 0 Å². The topological polar surface area (TPSA) is 26.0 Å². The van der Waals surface area contributed by atoms with E-state index in [1.807, 2.05) is 0 Å². The average molecular weight is 273 g/mol. The van der Waals surface area contributed by atoms with E-state index in [0.29, 0.717) is 18.2 Å². The first-order chi connectivity index (χ1) is 7.53. The lowest BCUT2D eigenvalue weighted by atomic mass is 10.0. The number of alkyl halides is 6. The number of halogens is 6. The molecule has 0 aliphatic heterocycles. The van der Waals surface area contributed by atoms with Gasteiger partial charge in [-0.1, -0.05) is 12.2 Å². The number of benzene rings is 1. The summed E-state index contributed by atoms with van der Waals surface area (Å²) in [5.41, 5.74) is 1.65. The van der Waals surface area contributed by atoms with Crippen molar-refractivity contribution in [3.05, 3.63) is 34.9 Å². The first-order valence-corrected chi connectivity index (χ1v) is 4.52. The highest BCUT2D eigenvalue weighted by Crippen LogP contribution is 2.36. The Morgan fingerprint density at radius 3 is 1.88 bits per heavy atom. The number of rotatable bonds is 1. The molecule has 2 N–H and O–H groups in total. The quantitative estimate of drug-likeness (QED) is 0.627. The van der Waals surface area contributed by atoms with Crippen molar-refractivity contribution < 1.29 is 26.3 Å². The van der Waals surface area contributed by atoms with Gasteiger partial charge in [0.2, 0.25) is 0 Å². The summed E-state index contributed by atoms with van der Waals surface area (Å²) in [4.78, 5) is -0.733. The first kappa shape index (κ1) is 13.8. The van der Waals surface area contributed by atoms with Gasteiger partial charge >= 0.3 is 12.4 Å². The van der Waals surface area contributed by atoms with Crippen molar-refractivity contribution in [1.82, 2.24) is 0 Å². The molecule has 0 saturated carbocycles. The molecule has 0 bridgehead atoms. The highest BCUT2D eigenvalue weighted by molar-refractivity contribution is 7.80. The fourth-order valence-corrected chi connectivity index (χ4v) is 1.34. The lowest BCUT2D eigenvalue weighted by Crippen LogP contribution is -2.19. The van der Waals surface area contributed by atoms with Crippen molar-refractivity contribution in [2.45, 2.75) is 12.4 Å². The molecule has 0 radical (unpaired) electrons. The summed E-state index contributed by atoms with van der Waals surface area (Å²) in [6.07, 6.45) is -9.55. The summed E-state index contributed by atoms with van der Waals surface area (Å²) >= 11 is 4.31. The van der Waals surface area contributed by atoms with Gasteiger partial charge in [-0.15, -0.1) is 0 Å². The van der Waals surface area contributed by atoms with Crippen LogP contribution in [0.1, 0.15) is 16.7 Å². The predicted octanol–water partition coefficient (Wildman–Crippen LogP) is 3.36. The molecule has 1 rings (SSSR count). The predicted molar refractivity (Wildman–Crippen MR) is 52.3 cm³/mol. The summed E-state index contributed by atoms with van der Waals surface area (Å²) in [6, 6.07) is 0.951. The molecule has 0 aliphatic rings. The molecule has 8 heteroatoms. The van der Waals surface area contributed by atoms with Crippen LogP contribution < -0.4 is 5.73 Å². The van der Waals surface area contributed by atoms with E-state index in [0.717, 1.165) is 0 Å². The molecule has 0 heterocycles. The monoisotopic (exact) mass is 273 g/mol. The Balaban J connectivity index is 3.43. The second-order valence-electron chi connectivity index (χ2n) is 3.12. The molecule has 0 amide bonds. The van der Waals surface area contributed by atoms with Crippen LogP contribution >= 0.6 is 12.2 Å². The van der Waals surface area contributed by atoms with Crippen LogP contribution in [0, 0.1) is 0 Å². The summed E-state index contributed by atoms with van der Waals surface area (Å²) in [5, 5.41) is 0. The van der Waals surface area contributed by atoms with E-state index < -0.39 is 34.0 Å². The zero-order chi connectivity index (χ0) is 13.4. The molecule has 0 aromatic heterocycles. The fourth-order valence-electron chi connectivity index (χ4n) is 1.17. The third-order valence-electron chi connectivity index (χ3n) is 1.92. The highest BCUT2D eigenvalue weighted by atomic mass is 32.1. The number of thiocarbonyl (C=S) groups is 1. The van der Waals surface area contributed by atoms with Gasteiger partial charge in [-0.25, -0.2) is 0 Å². The SMILES string of the molecule is NC(=S)c1cc(C(F)(F)F)ccc1C(F)(F)F. The zero-order valence-corrected chi connectivity index (χ0v) is 8.80. The van der Waals surface area contributed by atoms with Crippen molar-refractivity contribution in [2.24, 2.45) is 5.73 Å². The van der Waals surface area contributed by atoms with Gasteiger partial charge in [0.25, 0.3) is 0 Å². The molecule has 1 nitrogen and oxygen atoms in total. The maximum atomic E-state index is 12.4. The average Bonchev–Trinajstić information content (AvgIpc) is 2.14. The minimum absolute atomic E-state index is 0.297. The molecule has 1 aromatic rings. The van der Waals surface area contributed by atoms with E-state index in [9.17, 15) is 26.3 Å². The molecule has 0 saturated heterocycles. The van der Waals surface area contributed by atoms with E-state index in [-0.39, 0.29) is 0 Å². The second kappa shape index (κ2) is 4.17. The van der Waals surface area contributed by atoms with Crippen LogP contribution in [0.15, 0.2) is 18.2 Å². The van der Waals surface area contributed by atoms with E-state index in [1.165, 1.54) is 0 Å². The maximum Gasteiger partial charge on any atom is 0.417 e. The normalized spacial score (nSPS) is 12.6. The van der Waals surface area contributed by atoms with Gasteiger partial charge < -0.3 is 5.73 Å². The molecule has 0 aliphatic carbocycles. The summed E-state index contributed by atoms with van der Waals surface area (Å²) in [7, 11) is 0. The minimum Gasteiger partial charge on any atom is -0.389 e. The molecule has 1 aromatic carbocycles. The van der Waals surface area contributed by atoms with Gasteiger partial charge in [0.1, 0.15) is 4.99 Å². The van der Waals surface area contributed by atoms with Crippen molar-refractivity contribution in [2.75, 3.05) is 0 Å². The van der Waals surface area contributed by atoms with Crippen LogP contribution in [0.25, 0.3) is 0 Å². The molecule has 0 fully saturated rings. The fraction of sp³-hybridized carbons (Fsp3) is 0.222. The standard InChI is InChI=1S/C9H5F6NS/c10-8(11,12)4-1-2-6(9(13,14)15)5(3-4)7(16)17/h1-3H,(H2,16,17).